The SMILES string of the molecule is O=C1N/C(=C/c2ccc(O)c(Cl)c2)C(=O)N1Cc1ccccc1. The van der Waals surface area contributed by atoms with Gasteiger partial charge in [0.15, 0.2) is 0 Å². The third-order valence-electron chi connectivity index (χ3n) is 3.43. The summed E-state index contributed by atoms with van der Waals surface area (Å²) < 4.78 is 0. The van der Waals surface area contributed by atoms with E-state index in [4.69, 9.17) is 11.6 Å². The molecule has 116 valence electrons. The number of halogens is 1. The highest BCUT2D eigenvalue weighted by Gasteiger charge is 2.33. The minimum Gasteiger partial charge on any atom is -0.506 e. The molecule has 0 radical (unpaired) electrons. The summed E-state index contributed by atoms with van der Waals surface area (Å²) in [5.41, 5.74) is 1.65. The summed E-state index contributed by atoms with van der Waals surface area (Å²) >= 11 is 5.84. The molecule has 3 amide bonds. The summed E-state index contributed by atoms with van der Waals surface area (Å²) in [5.74, 6) is -0.440. The van der Waals surface area contributed by atoms with E-state index in [0.717, 1.165) is 10.5 Å². The molecule has 0 bridgehead atoms. The summed E-state index contributed by atoms with van der Waals surface area (Å²) in [7, 11) is 0. The van der Waals surface area contributed by atoms with Crippen molar-refractivity contribution in [3.05, 3.63) is 70.4 Å². The standard InChI is InChI=1S/C17H13ClN2O3/c18-13-8-12(6-7-15(13)21)9-14-16(22)20(17(23)19-14)10-11-4-2-1-3-5-11/h1-9,21H,10H2,(H,19,23)/b14-9+. The van der Waals surface area contributed by atoms with E-state index < -0.39 is 11.9 Å². The number of hydrogen-bond donors (Lipinski definition) is 2. The Kier molecular flexibility index (Phi) is 4.04. The van der Waals surface area contributed by atoms with Gasteiger partial charge < -0.3 is 10.4 Å². The van der Waals surface area contributed by atoms with Crippen molar-refractivity contribution in [1.29, 1.82) is 0 Å². The number of hydrogen-bond acceptors (Lipinski definition) is 3. The first-order valence-corrected chi connectivity index (χ1v) is 7.29. The average Bonchev–Trinajstić information content (AvgIpc) is 2.80. The van der Waals surface area contributed by atoms with Crippen molar-refractivity contribution in [3.8, 4) is 5.75 Å². The molecule has 0 unspecified atom stereocenters. The fourth-order valence-corrected chi connectivity index (χ4v) is 2.45. The van der Waals surface area contributed by atoms with Gasteiger partial charge in [-0.05, 0) is 29.3 Å². The number of nitrogens with one attached hydrogen (secondary N) is 1. The first kappa shape index (κ1) is 15.1. The Morgan fingerprint density at radius 3 is 2.57 bits per heavy atom. The zero-order chi connectivity index (χ0) is 16.4. The van der Waals surface area contributed by atoms with Crippen molar-refractivity contribution in [3.63, 3.8) is 0 Å². The van der Waals surface area contributed by atoms with Gasteiger partial charge >= 0.3 is 6.03 Å². The van der Waals surface area contributed by atoms with Crippen LogP contribution in [0.2, 0.25) is 5.02 Å². The summed E-state index contributed by atoms with van der Waals surface area (Å²) in [4.78, 5) is 25.5. The predicted octanol–water partition coefficient (Wildman–Crippen LogP) is 3.14. The number of imide groups is 1. The third kappa shape index (κ3) is 3.19. The molecule has 23 heavy (non-hydrogen) atoms. The van der Waals surface area contributed by atoms with Crippen molar-refractivity contribution < 1.29 is 14.7 Å². The zero-order valence-electron chi connectivity index (χ0n) is 12.0. The Labute approximate surface area is 137 Å². The molecule has 0 aromatic heterocycles. The fraction of sp³-hybridized carbons (Fsp3) is 0.0588. The maximum atomic E-state index is 12.4. The fourth-order valence-electron chi connectivity index (χ4n) is 2.26. The Morgan fingerprint density at radius 1 is 1.13 bits per heavy atom. The molecule has 0 spiro atoms. The molecule has 1 fully saturated rings. The van der Waals surface area contributed by atoms with E-state index in [9.17, 15) is 14.7 Å². The zero-order valence-corrected chi connectivity index (χ0v) is 12.7. The Hall–Kier alpha value is -2.79. The molecule has 0 saturated carbocycles. The first-order chi connectivity index (χ1) is 11.0. The van der Waals surface area contributed by atoms with E-state index in [2.05, 4.69) is 5.32 Å². The number of amides is 3. The number of phenolic OH excluding ortho intramolecular Hbond substituents is 1. The van der Waals surface area contributed by atoms with Crippen LogP contribution < -0.4 is 5.32 Å². The molecular formula is C17H13ClN2O3. The lowest BCUT2D eigenvalue weighted by Gasteiger charge is -2.11. The number of phenols is 1. The highest BCUT2D eigenvalue weighted by molar-refractivity contribution is 6.32. The third-order valence-corrected chi connectivity index (χ3v) is 3.73. The van der Waals surface area contributed by atoms with Gasteiger partial charge in [0.25, 0.3) is 5.91 Å². The van der Waals surface area contributed by atoms with Gasteiger partial charge in [0.1, 0.15) is 11.4 Å². The van der Waals surface area contributed by atoms with Crippen LogP contribution >= 0.6 is 11.6 Å². The smallest absolute Gasteiger partial charge is 0.329 e. The van der Waals surface area contributed by atoms with Crippen molar-refractivity contribution in [2.24, 2.45) is 0 Å². The van der Waals surface area contributed by atoms with E-state index in [1.54, 1.807) is 6.07 Å². The molecule has 0 atom stereocenters. The minimum atomic E-state index is -0.463. The molecule has 1 saturated heterocycles. The normalized spacial score (nSPS) is 16.0. The van der Waals surface area contributed by atoms with Gasteiger partial charge in [0.2, 0.25) is 0 Å². The Balaban J connectivity index is 1.83. The second-order valence-corrected chi connectivity index (χ2v) is 5.48. The average molecular weight is 329 g/mol. The second kappa shape index (κ2) is 6.14. The maximum Gasteiger partial charge on any atom is 0.329 e. The lowest BCUT2D eigenvalue weighted by atomic mass is 10.1. The molecule has 1 aliphatic rings. The van der Waals surface area contributed by atoms with Crippen molar-refractivity contribution in [1.82, 2.24) is 10.2 Å². The van der Waals surface area contributed by atoms with Crippen LogP contribution in [-0.2, 0) is 11.3 Å². The van der Waals surface area contributed by atoms with Crippen molar-refractivity contribution in [2.75, 3.05) is 0 Å². The molecule has 3 rings (SSSR count). The molecule has 6 heteroatoms. The quantitative estimate of drug-likeness (QED) is 0.671. The van der Waals surface area contributed by atoms with Gasteiger partial charge in [-0.2, -0.15) is 0 Å². The van der Waals surface area contributed by atoms with Crippen LogP contribution in [0.4, 0.5) is 4.79 Å². The number of benzene rings is 2. The van der Waals surface area contributed by atoms with Crippen LogP contribution in [-0.4, -0.2) is 21.9 Å². The first-order valence-electron chi connectivity index (χ1n) is 6.91. The number of rotatable bonds is 3. The topological polar surface area (TPSA) is 69.6 Å². The molecular weight excluding hydrogens is 316 g/mol. The monoisotopic (exact) mass is 328 g/mol. The van der Waals surface area contributed by atoms with Gasteiger partial charge in [0, 0.05) is 0 Å². The lowest BCUT2D eigenvalue weighted by molar-refractivity contribution is -0.123. The molecule has 2 aromatic carbocycles. The van der Waals surface area contributed by atoms with Crippen LogP contribution in [0.3, 0.4) is 0 Å². The lowest BCUT2D eigenvalue weighted by Crippen LogP contribution is -2.30. The number of aromatic hydroxyl groups is 1. The van der Waals surface area contributed by atoms with E-state index in [0.29, 0.717) is 5.56 Å². The summed E-state index contributed by atoms with van der Waals surface area (Å²) in [6.45, 7) is 0.208. The number of carbonyl (C=O) groups is 2. The van der Waals surface area contributed by atoms with Crippen LogP contribution in [0.1, 0.15) is 11.1 Å². The highest BCUT2D eigenvalue weighted by Crippen LogP contribution is 2.25. The number of urea groups is 1. The van der Waals surface area contributed by atoms with Crippen LogP contribution in [0.25, 0.3) is 6.08 Å². The Morgan fingerprint density at radius 2 is 1.87 bits per heavy atom. The number of nitrogens with zero attached hydrogens (tertiary/aromatic N) is 1. The van der Waals surface area contributed by atoms with E-state index in [1.165, 1.54) is 18.2 Å². The highest BCUT2D eigenvalue weighted by atomic mass is 35.5. The van der Waals surface area contributed by atoms with Gasteiger partial charge in [-0.3, -0.25) is 9.69 Å². The van der Waals surface area contributed by atoms with Crippen molar-refractivity contribution in [2.45, 2.75) is 6.54 Å². The minimum absolute atomic E-state index is 0.0405. The largest absolute Gasteiger partial charge is 0.506 e. The Bertz CT molecular complexity index is 803. The van der Waals surface area contributed by atoms with Crippen molar-refractivity contribution >= 4 is 29.6 Å². The summed E-state index contributed by atoms with van der Waals surface area (Å²) in [5, 5.41) is 12.1. The number of carbonyl (C=O) groups excluding carboxylic acids is 2. The van der Waals surface area contributed by atoms with Gasteiger partial charge in [-0.25, -0.2) is 4.79 Å². The van der Waals surface area contributed by atoms with Crippen LogP contribution in [0.15, 0.2) is 54.2 Å². The van der Waals surface area contributed by atoms with Gasteiger partial charge in [0.05, 0.1) is 11.6 Å². The predicted molar refractivity (Wildman–Crippen MR) is 86.6 cm³/mol. The summed E-state index contributed by atoms with van der Waals surface area (Å²) in [6, 6.07) is 13.4. The van der Waals surface area contributed by atoms with E-state index in [-0.39, 0.29) is 23.0 Å². The van der Waals surface area contributed by atoms with Crippen LogP contribution in [0.5, 0.6) is 5.75 Å². The van der Waals surface area contributed by atoms with Gasteiger partial charge in [-0.15, -0.1) is 0 Å². The van der Waals surface area contributed by atoms with E-state index in [1.807, 2.05) is 30.3 Å². The summed E-state index contributed by atoms with van der Waals surface area (Å²) in [6.07, 6.45) is 1.52. The van der Waals surface area contributed by atoms with Gasteiger partial charge in [-0.1, -0.05) is 48.0 Å². The van der Waals surface area contributed by atoms with Crippen LogP contribution in [0, 0.1) is 0 Å². The maximum absolute atomic E-state index is 12.4. The van der Waals surface area contributed by atoms with E-state index >= 15 is 0 Å². The molecule has 0 aliphatic carbocycles. The molecule has 1 heterocycles. The molecule has 5 nitrogen and oxygen atoms in total. The second-order valence-electron chi connectivity index (χ2n) is 5.08. The molecule has 1 aliphatic heterocycles. The molecule has 2 N–H and O–H groups in total. The molecule has 2 aromatic rings.